The summed E-state index contributed by atoms with van der Waals surface area (Å²) in [5.41, 5.74) is 2.93. The second kappa shape index (κ2) is 7.13. The number of aryl methyl sites for hydroxylation is 1. The van der Waals surface area contributed by atoms with Gasteiger partial charge in [-0.25, -0.2) is 4.98 Å². The third kappa shape index (κ3) is 3.72. The van der Waals surface area contributed by atoms with Crippen molar-refractivity contribution in [3.8, 4) is 0 Å². The number of hydrogen-bond donors (Lipinski definition) is 2. The van der Waals surface area contributed by atoms with E-state index in [0.29, 0.717) is 6.42 Å². The highest BCUT2D eigenvalue weighted by Gasteiger charge is 2.18. The third-order valence-corrected chi connectivity index (χ3v) is 4.70. The second-order valence-corrected chi connectivity index (χ2v) is 6.58. The van der Waals surface area contributed by atoms with Gasteiger partial charge in [0.15, 0.2) is 5.82 Å². The first-order valence-corrected chi connectivity index (χ1v) is 8.76. The van der Waals surface area contributed by atoms with Gasteiger partial charge < -0.3 is 14.8 Å². The molecule has 1 amide bonds. The zero-order valence-corrected chi connectivity index (χ0v) is 14.2. The Kier molecular flexibility index (Phi) is 4.96. The summed E-state index contributed by atoms with van der Waals surface area (Å²) in [6.07, 6.45) is 5.44. The number of likely N-dealkylation sites (tertiary alicyclic amines) is 1. The number of carbonyl (C=O) groups excluding carboxylic acids is 1. The number of benzene rings is 1. The molecule has 0 bridgehead atoms. The summed E-state index contributed by atoms with van der Waals surface area (Å²) in [7, 11) is 2.09. The SMILES string of the molecule is CCCC(=O)Nc1ccc2c(c1)nc(C[NH+]1CCCCC1)n2C. The maximum atomic E-state index is 11.7. The van der Waals surface area contributed by atoms with Gasteiger partial charge in [-0.05, 0) is 43.9 Å². The molecule has 23 heavy (non-hydrogen) atoms. The number of anilines is 1. The van der Waals surface area contributed by atoms with Gasteiger partial charge in [0.2, 0.25) is 5.91 Å². The fraction of sp³-hybridized carbons (Fsp3) is 0.556. The molecule has 124 valence electrons. The first-order valence-electron chi connectivity index (χ1n) is 8.76. The summed E-state index contributed by atoms with van der Waals surface area (Å²) in [4.78, 5) is 18.2. The number of rotatable bonds is 5. The zero-order valence-electron chi connectivity index (χ0n) is 14.2. The van der Waals surface area contributed by atoms with Crippen LogP contribution in [0, 0.1) is 0 Å². The van der Waals surface area contributed by atoms with Crippen molar-refractivity contribution in [1.29, 1.82) is 0 Å². The average Bonchev–Trinajstić information content (AvgIpc) is 2.84. The number of amides is 1. The van der Waals surface area contributed by atoms with Crippen LogP contribution < -0.4 is 10.2 Å². The van der Waals surface area contributed by atoms with Crippen molar-refractivity contribution in [2.45, 2.75) is 45.6 Å². The minimum Gasteiger partial charge on any atom is -0.329 e. The topological polar surface area (TPSA) is 51.4 Å². The fourth-order valence-electron chi connectivity index (χ4n) is 3.39. The van der Waals surface area contributed by atoms with Crippen LogP contribution in [0.25, 0.3) is 11.0 Å². The van der Waals surface area contributed by atoms with E-state index in [9.17, 15) is 4.79 Å². The van der Waals surface area contributed by atoms with Gasteiger partial charge in [-0.2, -0.15) is 0 Å². The molecule has 2 N–H and O–H groups in total. The molecule has 0 radical (unpaired) electrons. The molecule has 2 heterocycles. The van der Waals surface area contributed by atoms with Gasteiger partial charge in [-0.15, -0.1) is 0 Å². The summed E-state index contributed by atoms with van der Waals surface area (Å²) in [6.45, 7) is 5.50. The van der Waals surface area contributed by atoms with Crippen LogP contribution in [0.4, 0.5) is 5.69 Å². The minimum atomic E-state index is 0.0702. The zero-order chi connectivity index (χ0) is 16.2. The van der Waals surface area contributed by atoms with Crippen LogP contribution in [-0.2, 0) is 18.4 Å². The number of nitrogens with one attached hydrogen (secondary N) is 2. The maximum Gasteiger partial charge on any atom is 0.224 e. The molecule has 1 aliphatic rings. The molecule has 0 atom stereocenters. The van der Waals surface area contributed by atoms with Crippen molar-refractivity contribution < 1.29 is 9.69 Å². The van der Waals surface area contributed by atoms with Gasteiger partial charge in [0.25, 0.3) is 0 Å². The number of hydrogen-bond acceptors (Lipinski definition) is 2. The van der Waals surface area contributed by atoms with Crippen molar-refractivity contribution in [1.82, 2.24) is 9.55 Å². The number of fused-ring (bicyclic) bond motifs is 1. The number of nitrogens with zero attached hydrogens (tertiary/aromatic N) is 2. The lowest BCUT2D eigenvalue weighted by Crippen LogP contribution is -3.11. The van der Waals surface area contributed by atoms with Crippen LogP contribution in [0.5, 0.6) is 0 Å². The smallest absolute Gasteiger partial charge is 0.224 e. The van der Waals surface area contributed by atoms with E-state index in [1.165, 1.54) is 32.4 Å². The second-order valence-electron chi connectivity index (χ2n) is 6.58. The van der Waals surface area contributed by atoms with Gasteiger partial charge in [0, 0.05) is 19.2 Å². The molecule has 5 heteroatoms. The van der Waals surface area contributed by atoms with E-state index in [-0.39, 0.29) is 5.91 Å². The lowest BCUT2D eigenvalue weighted by atomic mass is 10.1. The molecular weight excluding hydrogens is 288 g/mol. The van der Waals surface area contributed by atoms with Gasteiger partial charge >= 0.3 is 0 Å². The predicted octanol–water partition coefficient (Wildman–Crippen LogP) is 1.88. The lowest BCUT2D eigenvalue weighted by molar-refractivity contribution is -0.919. The first-order chi connectivity index (χ1) is 11.2. The van der Waals surface area contributed by atoms with Crippen LogP contribution in [-0.4, -0.2) is 28.5 Å². The normalized spacial score (nSPS) is 15.9. The van der Waals surface area contributed by atoms with E-state index >= 15 is 0 Å². The van der Waals surface area contributed by atoms with Gasteiger partial charge in [-0.1, -0.05) is 6.92 Å². The highest BCUT2D eigenvalue weighted by molar-refractivity contribution is 5.93. The van der Waals surface area contributed by atoms with Crippen molar-refractivity contribution >= 4 is 22.6 Å². The Morgan fingerprint density at radius 1 is 1.30 bits per heavy atom. The van der Waals surface area contributed by atoms with E-state index in [1.807, 2.05) is 19.1 Å². The summed E-state index contributed by atoms with van der Waals surface area (Å²) in [5, 5.41) is 2.95. The van der Waals surface area contributed by atoms with Crippen LogP contribution in [0.15, 0.2) is 18.2 Å². The van der Waals surface area contributed by atoms with Gasteiger partial charge in [0.1, 0.15) is 6.54 Å². The molecule has 5 nitrogen and oxygen atoms in total. The molecule has 0 spiro atoms. The van der Waals surface area contributed by atoms with E-state index in [2.05, 4.69) is 23.0 Å². The van der Waals surface area contributed by atoms with Crippen molar-refractivity contribution in [3.05, 3.63) is 24.0 Å². The Morgan fingerprint density at radius 2 is 2.09 bits per heavy atom. The van der Waals surface area contributed by atoms with Crippen molar-refractivity contribution in [2.75, 3.05) is 18.4 Å². The fourth-order valence-corrected chi connectivity index (χ4v) is 3.39. The number of piperidine rings is 1. The lowest BCUT2D eigenvalue weighted by Gasteiger charge is -2.23. The minimum absolute atomic E-state index is 0.0702. The number of imidazole rings is 1. The molecule has 1 aromatic carbocycles. The van der Waals surface area contributed by atoms with Gasteiger partial charge in [-0.3, -0.25) is 4.79 Å². The summed E-state index contributed by atoms with van der Waals surface area (Å²) in [5.74, 6) is 1.20. The van der Waals surface area contributed by atoms with Crippen LogP contribution in [0.2, 0.25) is 0 Å². The van der Waals surface area contributed by atoms with E-state index in [0.717, 1.165) is 35.5 Å². The summed E-state index contributed by atoms with van der Waals surface area (Å²) < 4.78 is 2.19. The number of carbonyl (C=O) groups is 1. The monoisotopic (exact) mass is 315 g/mol. The summed E-state index contributed by atoms with van der Waals surface area (Å²) >= 11 is 0. The van der Waals surface area contributed by atoms with E-state index in [1.54, 1.807) is 4.90 Å². The number of aromatic nitrogens is 2. The summed E-state index contributed by atoms with van der Waals surface area (Å²) in [6, 6.07) is 6.01. The standard InChI is InChI=1S/C18H26N4O/c1-3-7-18(23)19-14-8-9-16-15(12-14)20-17(21(16)2)13-22-10-5-4-6-11-22/h8-9,12H,3-7,10-11,13H2,1-2H3,(H,19,23)/p+1. The molecule has 1 fully saturated rings. The molecular formula is C18H27N4O+. The quantitative estimate of drug-likeness (QED) is 0.885. The maximum absolute atomic E-state index is 11.7. The van der Waals surface area contributed by atoms with Crippen molar-refractivity contribution in [2.24, 2.45) is 7.05 Å². The Hall–Kier alpha value is -1.88. The van der Waals surface area contributed by atoms with Crippen molar-refractivity contribution in [3.63, 3.8) is 0 Å². The molecule has 3 rings (SSSR count). The van der Waals surface area contributed by atoms with Gasteiger partial charge in [0.05, 0.1) is 24.1 Å². The van der Waals surface area contributed by atoms with Crippen LogP contribution >= 0.6 is 0 Å². The molecule has 1 aliphatic heterocycles. The van der Waals surface area contributed by atoms with E-state index < -0.39 is 0 Å². The Morgan fingerprint density at radius 3 is 2.83 bits per heavy atom. The third-order valence-electron chi connectivity index (χ3n) is 4.70. The average molecular weight is 315 g/mol. The Balaban J connectivity index is 1.78. The highest BCUT2D eigenvalue weighted by atomic mass is 16.1. The molecule has 2 aromatic rings. The molecule has 0 saturated carbocycles. The molecule has 1 saturated heterocycles. The molecule has 0 unspecified atom stereocenters. The molecule has 1 aromatic heterocycles. The van der Waals surface area contributed by atoms with Crippen LogP contribution in [0.3, 0.4) is 0 Å². The highest BCUT2D eigenvalue weighted by Crippen LogP contribution is 2.19. The molecule has 0 aliphatic carbocycles. The Bertz CT molecular complexity index is 686. The predicted molar refractivity (Wildman–Crippen MR) is 92.5 cm³/mol. The van der Waals surface area contributed by atoms with E-state index in [4.69, 9.17) is 4.98 Å². The van der Waals surface area contributed by atoms with Crippen LogP contribution in [0.1, 0.15) is 44.9 Å². The number of quaternary nitrogens is 1. The largest absolute Gasteiger partial charge is 0.329 e. The first kappa shape index (κ1) is 16.0. The Labute approximate surface area is 137 Å².